The van der Waals surface area contributed by atoms with Gasteiger partial charge >= 0.3 is 0 Å². The number of hydrogen-bond donors (Lipinski definition) is 1. The van der Waals surface area contributed by atoms with Crippen molar-refractivity contribution in [3.63, 3.8) is 0 Å². The van der Waals surface area contributed by atoms with E-state index in [1.165, 1.54) is 4.90 Å². The first-order valence-corrected chi connectivity index (χ1v) is 11.7. The number of likely N-dealkylation sites (tertiary alicyclic amines) is 1. The standard InChI is InChI=1S/C29H30N2O5/c1-30(2)16-17-31-26(22-10-7-11-24(18-22)36-19-20-8-5-4-6-9-20)25(28(33)29(31)34)27(32)21-12-14-23(35-3)15-13-21/h4-15,18,26,32H,16-17,19H2,1-3H3/b27-25+. The number of carbonyl (C=O) groups excluding carboxylic acids is 2. The van der Waals surface area contributed by atoms with Crippen LogP contribution >= 0.6 is 0 Å². The third kappa shape index (κ3) is 5.42. The maximum atomic E-state index is 13.2. The lowest BCUT2D eigenvalue weighted by molar-refractivity contribution is -0.140. The molecule has 3 aromatic rings. The molecule has 1 aliphatic rings. The molecule has 36 heavy (non-hydrogen) atoms. The average molecular weight is 487 g/mol. The minimum atomic E-state index is -0.743. The van der Waals surface area contributed by atoms with Crippen LogP contribution in [0.15, 0.2) is 84.4 Å². The van der Waals surface area contributed by atoms with E-state index in [1.807, 2.05) is 73.6 Å². The topological polar surface area (TPSA) is 79.3 Å². The highest BCUT2D eigenvalue weighted by Gasteiger charge is 2.46. The number of nitrogens with zero attached hydrogens (tertiary/aromatic N) is 2. The molecular weight excluding hydrogens is 456 g/mol. The van der Waals surface area contributed by atoms with Crippen molar-refractivity contribution in [3.05, 3.63) is 101 Å². The molecule has 1 aliphatic heterocycles. The monoisotopic (exact) mass is 486 g/mol. The Morgan fingerprint density at radius 3 is 2.33 bits per heavy atom. The third-order valence-electron chi connectivity index (χ3n) is 6.11. The highest BCUT2D eigenvalue weighted by molar-refractivity contribution is 6.46. The van der Waals surface area contributed by atoms with E-state index >= 15 is 0 Å². The number of rotatable bonds is 9. The Kier molecular flexibility index (Phi) is 7.71. The highest BCUT2D eigenvalue weighted by Crippen LogP contribution is 2.40. The first-order valence-electron chi connectivity index (χ1n) is 11.7. The van der Waals surface area contributed by atoms with Crippen LogP contribution < -0.4 is 9.47 Å². The van der Waals surface area contributed by atoms with E-state index in [1.54, 1.807) is 31.4 Å². The lowest BCUT2D eigenvalue weighted by Crippen LogP contribution is -2.35. The summed E-state index contributed by atoms with van der Waals surface area (Å²) in [6.07, 6.45) is 0. The van der Waals surface area contributed by atoms with Crippen molar-refractivity contribution < 1.29 is 24.2 Å². The summed E-state index contributed by atoms with van der Waals surface area (Å²) in [5.41, 5.74) is 2.21. The van der Waals surface area contributed by atoms with E-state index < -0.39 is 17.7 Å². The van der Waals surface area contributed by atoms with E-state index in [0.29, 0.717) is 42.3 Å². The van der Waals surface area contributed by atoms with Crippen molar-refractivity contribution in [1.29, 1.82) is 0 Å². The molecule has 1 atom stereocenters. The summed E-state index contributed by atoms with van der Waals surface area (Å²) >= 11 is 0. The van der Waals surface area contributed by atoms with Crippen LogP contribution in [0, 0.1) is 0 Å². The first-order chi connectivity index (χ1) is 17.4. The van der Waals surface area contributed by atoms with Crippen molar-refractivity contribution in [2.75, 3.05) is 34.3 Å². The Hall–Kier alpha value is -4.10. The quantitative estimate of drug-likeness (QED) is 0.277. The number of methoxy groups -OCH3 is 1. The van der Waals surface area contributed by atoms with Crippen LogP contribution in [0.4, 0.5) is 0 Å². The largest absolute Gasteiger partial charge is 0.507 e. The number of ketones is 1. The van der Waals surface area contributed by atoms with E-state index in [9.17, 15) is 14.7 Å². The molecule has 1 amide bonds. The van der Waals surface area contributed by atoms with Gasteiger partial charge in [0.2, 0.25) is 0 Å². The maximum Gasteiger partial charge on any atom is 0.295 e. The van der Waals surface area contributed by atoms with Gasteiger partial charge in [0.1, 0.15) is 23.9 Å². The van der Waals surface area contributed by atoms with Crippen molar-refractivity contribution in [3.8, 4) is 11.5 Å². The van der Waals surface area contributed by atoms with Gasteiger partial charge in [0.15, 0.2) is 0 Å². The predicted molar refractivity (Wildman–Crippen MR) is 138 cm³/mol. The molecule has 1 N–H and O–H groups in total. The van der Waals surface area contributed by atoms with Gasteiger partial charge < -0.3 is 24.4 Å². The van der Waals surface area contributed by atoms with Crippen molar-refractivity contribution in [2.24, 2.45) is 0 Å². The minimum Gasteiger partial charge on any atom is -0.507 e. The van der Waals surface area contributed by atoms with Crippen LogP contribution in [0.3, 0.4) is 0 Å². The van der Waals surface area contributed by atoms with Gasteiger partial charge in [-0.05, 0) is 61.6 Å². The van der Waals surface area contributed by atoms with E-state index in [4.69, 9.17) is 9.47 Å². The molecule has 0 spiro atoms. The van der Waals surface area contributed by atoms with E-state index in [-0.39, 0.29) is 11.3 Å². The zero-order valence-corrected chi connectivity index (χ0v) is 20.7. The number of hydrogen-bond acceptors (Lipinski definition) is 6. The maximum absolute atomic E-state index is 13.2. The molecule has 0 aliphatic carbocycles. The molecule has 1 heterocycles. The Morgan fingerprint density at radius 2 is 1.67 bits per heavy atom. The van der Waals surface area contributed by atoms with Crippen molar-refractivity contribution in [1.82, 2.24) is 9.80 Å². The molecule has 1 unspecified atom stereocenters. The van der Waals surface area contributed by atoms with Gasteiger partial charge in [0, 0.05) is 18.7 Å². The lowest BCUT2D eigenvalue weighted by Gasteiger charge is -2.27. The number of aliphatic hydroxyl groups is 1. The van der Waals surface area contributed by atoms with Gasteiger partial charge in [0.05, 0.1) is 18.7 Å². The van der Waals surface area contributed by atoms with Crippen LogP contribution in [-0.4, -0.2) is 60.9 Å². The number of ether oxygens (including phenoxy) is 2. The van der Waals surface area contributed by atoms with Crippen LogP contribution in [0.25, 0.3) is 5.76 Å². The molecule has 186 valence electrons. The Morgan fingerprint density at radius 1 is 0.944 bits per heavy atom. The van der Waals surface area contributed by atoms with Crippen LogP contribution in [-0.2, 0) is 16.2 Å². The number of aliphatic hydroxyl groups excluding tert-OH is 1. The van der Waals surface area contributed by atoms with Crippen molar-refractivity contribution in [2.45, 2.75) is 12.6 Å². The molecule has 0 radical (unpaired) electrons. The normalized spacial score (nSPS) is 17.0. The Balaban J connectivity index is 1.73. The molecule has 0 bridgehead atoms. The summed E-state index contributed by atoms with van der Waals surface area (Å²) in [7, 11) is 5.36. The summed E-state index contributed by atoms with van der Waals surface area (Å²) in [5, 5.41) is 11.2. The molecule has 4 rings (SSSR count). The number of likely N-dealkylation sites (N-methyl/N-ethyl adjacent to an activating group) is 1. The van der Waals surface area contributed by atoms with Crippen LogP contribution in [0.1, 0.15) is 22.7 Å². The number of carbonyl (C=O) groups is 2. The van der Waals surface area contributed by atoms with Gasteiger partial charge in [-0.2, -0.15) is 0 Å². The fourth-order valence-electron chi connectivity index (χ4n) is 4.18. The molecule has 7 heteroatoms. The molecular formula is C29H30N2O5. The summed E-state index contributed by atoms with van der Waals surface area (Å²) in [5.74, 6) is -0.323. The second kappa shape index (κ2) is 11.1. The molecule has 0 saturated carbocycles. The highest BCUT2D eigenvalue weighted by atomic mass is 16.5. The third-order valence-corrected chi connectivity index (χ3v) is 6.11. The smallest absolute Gasteiger partial charge is 0.295 e. The molecule has 3 aromatic carbocycles. The van der Waals surface area contributed by atoms with Gasteiger partial charge in [0.25, 0.3) is 11.7 Å². The molecule has 7 nitrogen and oxygen atoms in total. The second-order valence-electron chi connectivity index (χ2n) is 8.87. The van der Waals surface area contributed by atoms with Crippen molar-refractivity contribution >= 4 is 17.4 Å². The molecule has 1 fully saturated rings. The fraction of sp³-hybridized carbons (Fsp3) is 0.241. The summed E-state index contributed by atoms with van der Waals surface area (Å²) in [6.45, 7) is 1.28. The fourth-order valence-corrected chi connectivity index (χ4v) is 4.18. The summed E-state index contributed by atoms with van der Waals surface area (Å²) in [6, 6.07) is 23.1. The number of Topliss-reactive ketones (excluding diaryl/α,β-unsaturated/α-hetero) is 1. The van der Waals surface area contributed by atoms with Gasteiger partial charge in [-0.3, -0.25) is 9.59 Å². The van der Waals surface area contributed by atoms with E-state index in [0.717, 1.165) is 5.56 Å². The predicted octanol–water partition coefficient (Wildman–Crippen LogP) is 4.26. The van der Waals surface area contributed by atoms with Gasteiger partial charge in [-0.15, -0.1) is 0 Å². The van der Waals surface area contributed by atoms with Crippen LogP contribution in [0.2, 0.25) is 0 Å². The zero-order valence-electron chi connectivity index (χ0n) is 20.7. The summed E-state index contributed by atoms with van der Waals surface area (Å²) < 4.78 is 11.2. The molecule has 0 aromatic heterocycles. The van der Waals surface area contributed by atoms with Crippen LogP contribution in [0.5, 0.6) is 11.5 Å². The van der Waals surface area contributed by atoms with Gasteiger partial charge in [-0.25, -0.2) is 0 Å². The summed E-state index contributed by atoms with van der Waals surface area (Å²) in [4.78, 5) is 29.8. The zero-order chi connectivity index (χ0) is 25.7. The van der Waals surface area contributed by atoms with Gasteiger partial charge in [-0.1, -0.05) is 42.5 Å². The minimum absolute atomic E-state index is 0.0594. The Bertz CT molecular complexity index is 1250. The molecule has 1 saturated heterocycles. The first kappa shape index (κ1) is 25.0. The number of amides is 1. The lowest BCUT2D eigenvalue weighted by atomic mass is 9.95. The second-order valence-corrected chi connectivity index (χ2v) is 8.87. The SMILES string of the molecule is COc1ccc(/C(O)=C2\C(=O)C(=O)N(CCN(C)C)C2c2cccc(OCc3ccccc3)c2)cc1. The number of benzene rings is 3. The Labute approximate surface area is 211 Å². The van der Waals surface area contributed by atoms with E-state index in [2.05, 4.69) is 0 Å². The average Bonchev–Trinajstić information content (AvgIpc) is 3.16.